The maximum atomic E-state index is 12.7. The van der Waals surface area contributed by atoms with Crippen LogP contribution in [0.4, 0.5) is 4.39 Å². The van der Waals surface area contributed by atoms with Gasteiger partial charge in [-0.3, -0.25) is 9.59 Å². The molecule has 0 heterocycles. The summed E-state index contributed by atoms with van der Waals surface area (Å²) in [7, 11) is 0. The number of carboxylic acids is 1. The fraction of sp³-hybridized carbons (Fsp3) is 0.429. The number of aliphatic carboxylic acids is 1. The van der Waals surface area contributed by atoms with Crippen LogP contribution in [0.15, 0.2) is 29.2 Å². The molecule has 2 atom stereocenters. The molecule has 2 rings (SSSR count). The van der Waals surface area contributed by atoms with Gasteiger partial charge in [-0.05, 0) is 37.1 Å². The highest BCUT2D eigenvalue weighted by molar-refractivity contribution is 8.00. The monoisotopic (exact) mass is 297 g/mol. The summed E-state index contributed by atoms with van der Waals surface area (Å²) in [6.07, 6.45) is 2.16. The van der Waals surface area contributed by atoms with Crippen molar-refractivity contribution in [1.29, 1.82) is 0 Å². The minimum atomic E-state index is -0.848. The number of carboxylic acid groups (broad SMARTS) is 1. The lowest BCUT2D eigenvalue weighted by Gasteiger charge is -2.17. The molecular formula is C14H16FNO3S. The van der Waals surface area contributed by atoms with E-state index in [9.17, 15) is 14.0 Å². The minimum absolute atomic E-state index is 0.183. The molecule has 6 heteroatoms. The van der Waals surface area contributed by atoms with E-state index in [1.165, 1.54) is 23.9 Å². The van der Waals surface area contributed by atoms with Gasteiger partial charge in [-0.15, -0.1) is 11.8 Å². The fourth-order valence-electron chi connectivity index (χ4n) is 2.36. The predicted molar refractivity (Wildman–Crippen MR) is 74.0 cm³/mol. The molecule has 2 N–H and O–H groups in total. The molecular weight excluding hydrogens is 281 g/mol. The summed E-state index contributed by atoms with van der Waals surface area (Å²) in [6, 6.07) is 5.65. The Kier molecular flexibility index (Phi) is 5.00. The Morgan fingerprint density at radius 2 is 2.00 bits per heavy atom. The van der Waals surface area contributed by atoms with Gasteiger partial charge in [0.05, 0.1) is 11.7 Å². The van der Waals surface area contributed by atoms with Crippen molar-refractivity contribution in [2.75, 3.05) is 5.75 Å². The largest absolute Gasteiger partial charge is 0.481 e. The van der Waals surface area contributed by atoms with Crippen molar-refractivity contribution in [1.82, 2.24) is 5.32 Å². The zero-order chi connectivity index (χ0) is 14.5. The highest BCUT2D eigenvalue weighted by Gasteiger charge is 2.33. The van der Waals surface area contributed by atoms with Crippen LogP contribution in [0.2, 0.25) is 0 Å². The van der Waals surface area contributed by atoms with Gasteiger partial charge in [0.15, 0.2) is 0 Å². The van der Waals surface area contributed by atoms with Crippen LogP contribution < -0.4 is 5.32 Å². The number of halogens is 1. The highest BCUT2D eigenvalue weighted by Crippen LogP contribution is 2.26. The van der Waals surface area contributed by atoms with Crippen LogP contribution in [0.3, 0.4) is 0 Å². The zero-order valence-corrected chi connectivity index (χ0v) is 11.7. The first-order valence-electron chi connectivity index (χ1n) is 6.47. The number of hydrogen-bond donors (Lipinski definition) is 2. The maximum absolute atomic E-state index is 12.7. The van der Waals surface area contributed by atoms with Gasteiger partial charge >= 0.3 is 5.97 Å². The molecule has 0 spiro atoms. The molecule has 4 nitrogen and oxygen atoms in total. The number of carbonyl (C=O) groups excluding carboxylic acids is 1. The van der Waals surface area contributed by atoms with Crippen LogP contribution in [0.1, 0.15) is 19.3 Å². The Hall–Kier alpha value is -1.56. The average Bonchev–Trinajstić information content (AvgIpc) is 2.86. The lowest BCUT2D eigenvalue weighted by molar-refractivity contribution is -0.142. The molecule has 20 heavy (non-hydrogen) atoms. The molecule has 108 valence electrons. The van der Waals surface area contributed by atoms with E-state index in [0.29, 0.717) is 12.8 Å². The normalized spacial score (nSPS) is 21.6. The van der Waals surface area contributed by atoms with Crippen molar-refractivity contribution >= 4 is 23.6 Å². The van der Waals surface area contributed by atoms with Crippen LogP contribution in [0.5, 0.6) is 0 Å². The van der Waals surface area contributed by atoms with Crippen molar-refractivity contribution in [3.05, 3.63) is 30.1 Å². The fourth-order valence-corrected chi connectivity index (χ4v) is 3.07. The summed E-state index contributed by atoms with van der Waals surface area (Å²) in [4.78, 5) is 23.6. The molecule has 1 aromatic carbocycles. The number of hydrogen-bond acceptors (Lipinski definition) is 3. The van der Waals surface area contributed by atoms with E-state index < -0.39 is 11.9 Å². The lowest BCUT2D eigenvalue weighted by Crippen LogP contribution is -2.40. The van der Waals surface area contributed by atoms with Crippen molar-refractivity contribution in [3.8, 4) is 0 Å². The van der Waals surface area contributed by atoms with Crippen molar-refractivity contribution < 1.29 is 19.1 Å². The molecule has 0 radical (unpaired) electrons. The Morgan fingerprint density at radius 1 is 1.30 bits per heavy atom. The van der Waals surface area contributed by atoms with E-state index in [-0.39, 0.29) is 23.5 Å². The van der Waals surface area contributed by atoms with Crippen LogP contribution >= 0.6 is 11.8 Å². The summed E-state index contributed by atoms with van der Waals surface area (Å²) in [5, 5.41) is 11.8. The molecule has 2 unspecified atom stereocenters. The summed E-state index contributed by atoms with van der Waals surface area (Å²) >= 11 is 1.30. The summed E-state index contributed by atoms with van der Waals surface area (Å²) in [5.74, 6) is -1.62. The highest BCUT2D eigenvalue weighted by atomic mass is 32.2. The molecule has 0 saturated heterocycles. The van der Waals surface area contributed by atoms with Gasteiger partial charge < -0.3 is 10.4 Å². The molecule has 1 saturated carbocycles. The van der Waals surface area contributed by atoms with Gasteiger partial charge in [-0.25, -0.2) is 4.39 Å². The third-order valence-electron chi connectivity index (χ3n) is 3.36. The third-order valence-corrected chi connectivity index (χ3v) is 4.38. The van der Waals surface area contributed by atoms with Crippen LogP contribution in [-0.2, 0) is 9.59 Å². The molecule has 0 bridgehead atoms. The van der Waals surface area contributed by atoms with E-state index in [2.05, 4.69) is 5.32 Å². The van der Waals surface area contributed by atoms with Crippen LogP contribution in [0, 0.1) is 11.7 Å². The van der Waals surface area contributed by atoms with Gasteiger partial charge in [0.25, 0.3) is 0 Å². The Bertz CT molecular complexity index is 492. The van der Waals surface area contributed by atoms with E-state index in [0.717, 1.165) is 11.3 Å². The molecule has 1 fully saturated rings. The van der Waals surface area contributed by atoms with Gasteiger partial charge in [0, 0.05) is 10.9 Å². The maximum Gasteiger partial charge on any atom is 0.308 e. The van der Waals surface area contributed by atoms with Gasteiger partial charge in [-0.1, -0.05) is 6.42 Å². The molecule has 1 aliphatic rings. The average molecular weight is 297 g/mol. The number of rotatable bonds is 5. The van der Waals surface area contributed by atoms with Crippen LogP contribution in [-0.4, -0.2) is 28.8 Å². The summed E-state index contributed by atoms with van der Waals surface area (Å²) in [6.45, 7) is 0. The number of benzene rings is 1. The van der Waals surface area contributed by atoms with Gasteiger partial charge in [-0.2, -0.15) is 0 Å². The second-order valence-corrected chi connectivity index (χ2v) is 5.84. The van der Waals surface area contributed by atoms with E-state index in [1.807, 2.05) is 0 Å². The van der Waals surface area contributed by atoms with Crippen molar-refractivity contribution in [3.63, 3.8) is 0 Å². The zero-order valence-electron chi connectivity index (χ0n) is 10.8. The molecule has 1 aromatic rings. The number of amides is 1. The molecule has 1 amide bonds. The van der Waals surface area contributed by atoms with Crippen LogP contribution in [0.25, 0.3) is 0 Å². The van der Waals surface area contributed by atoms with E-state index >= 15 is 0 Å². The lowest BCUT2D eigenvalue weighted by atomic mass is 10.0. The number of thioether (sulfide) groups is 1. The van der Waals surface area contributed by atoms with Crippen molar-refractivity contribution in [2.45, 2.75) is 30.2 Å². The quantitative estimate of drug-likeness (QED) is 0.818. The Labute approximate surface area is 120 Å². The number of carbonyl (C=O) groups is 2. The summed E-state index contributed by atoms with van der Waals surface area (Å²) in [5.41, 5.74) is 0. The van der Waals surface area contributed by atoms with Gasteiger partial charge in [0.2, 0.25) is 5.91 Å². The van der Waals surface area contributed by atoms with E-state index in [1.54, 1.807) is 12.1 Å². The predicted octanol–water partition coefficient (Wildman–Crippen LogP) is 2.29. The Balaban J connectivity index is 1.80. The minimum Gasteiger partial charge on any atom is -0.481 e. The van der Waals surface area contributed by atoms with Crippen molar-refractivity contribution in [2.24, 2.45) is 5.92 Å². The number of nitrogens with one attached hydrogen (secondary N) is 1. The Morgan fingerprint density at radius 3 is 2.65 bits per heavy atom. The second kappa shape index (κ2) is 6.74. The molecule has 0 aromatic heterocycles. The van der Waals surface area contributed by atoms with Gasteiger partial charge in [0.1, 0.15) is 5.82 Å². The SMILES string of the molecule is O=C(CSc1ccc(F)cc1)NC1CCCC1C(=O)O. The third kappa shape index (κ3) is 3.96. The smallest absolute Gasteiger partial charge is 0.308 e. The first-order valence-corrected chi connectivity index (χ1v) is 7.45. The molecule has 0 aliphatic heterocycles. The standard InChI is InChI=1S/C14H16FNO3S/c15-9-4-6-10(7-5-9)20-8-13(17)16-12-3-1-2-11(12)14(18)19/h4-7,11-12H,1-3,8H2,(H,16,17)(H,18,19). The van der Waals surface area contributed by atoms with E-state index in [4.69, 9.17) is 5.11 Å². The first-order chi connectivity index (χ1) is 9.56. The second-order valence-electron chi connectivity index (χ2n) is 4.79. The topological polar surface area (TPSA) is 66.4 Å². The first kappa shape index (κ1) is 14.8. The molecule has 1 aliphatic carbocycles. The summed E-state index contributed by atoms with van der Waals surface area (Å²) < 4.78 is 12.7.